The average Bonchev–Trinajstić information content (AvgIpc) is 1.92. The average molecular weight is 127 g/mol. The van der Waals surface area contributed by atoms with Gasteiger partial charge in [0, 0.05) is 18.6 Å². The first kappa shape index (κ1) is 7.03. The predicted molar refractivity (Wildman–Crippen MR) is 38.6 cm³/mol. The third-order valence-corrected chi connectivity index (χ3v) is 1.74. The summed E-state index contributed by atoms with van der Waals surface area (Å²) < 4.78 is 0. The molecular formula is C7H15N2. The molecule has 2 heteroatoms. The molecule has 1 aliphatic rings. The second-order valence-corrected chi connectivity index (χ2v) is 3.19. The zero-order valence-corrected chi connectivity index (χ0v) is 6.28. The highest BCUT2D eigenvalue weighted by Crippen LogP contribution is 2.09. The number of rotatable bonds is 0. The first-order valence-corrected chi connectivity index (χ1v) is 3.60. The van der Waals surface area contributed by atoms with Crippen LogP contribution in [0.1, 0.15) is 20.3 Å². The summed E-state index contributed by atoms with van der Waals surface area (Å²) >= 11 is 0. The lowest BCUT2D eigenvalue weighted by molar-refractivity contribution is 0.384. The van der Waals surface area contributed by atoms with Crippen LogP contribution < -0.4 is 10.6 Å². The number of hydrogen-bond donors (Lipinski definition) is 1. The number of nitrogens with zero attached hydrogens (tertiary/aromatic N) is 1. The molecule has 1 saturated heterocycles. The molecule has 1 rings (SSSR count). The van der Waals surface area contributed by atoms with Crippen LogP contribution in [0.4, 0.5) is 0 Å². The molecule has 9 heavy (non-hydrogen) atoms. The van der Waals surface area contributed by atoms with E-state index in [2.05, 4.69) is 24.5 Å². The van der Waals surface area contributed by atoms with Crippen LogP contribution in [0.5, 0.6) is 0 Å². The van der Waals surface area contributed by atoms with Gasteiger partial charge in [0.05, 0.1) is 0 Å². The fourth-order valence-electron chi connectivity index (χ4n) is 1.04. The van der Waals surface area contributed by atoms with Crippen molar-refractivity contribution in [3.8, 4) is 0 Å². The summed E-state index contributed by atoms with van der Waals surface area (Å²) in [5.41, 5.74) is 0.226. The lowest BCUT2D eigenvalue weighted by Crippen LogP contribution is -2.32. The quantitative estimate of drug-likeness (QED) is 0.499. The lowest BCUT2D eigenvalue weighted by Gasteiger charge is -2.20. The Kier molecular flexibility index (Phi) is 2.09. The molecule has 0 aromatic rings. The molecule has 1 N–H and O–H groups in total. The van der Waals surface area contributed by atoms with Crippen LogP contribution in [0.2, 0.25) is 0 Å². The van der Waals surface area contributed by atoms with E-state index in [1.54, 1.807) is 0 Å². The summed E-state index contributed by atoms with van der Waals surface area (Å²) in [5.74, 6) is 0. The van der Waals surface area contributed by atoms with Crippen molar-refractivity contribution in [3.63, 3.8) is 0 Å². The van der Waals surface area contributed by atoms with Crippen LogP contribution in [0.3, 0.4) is 0 Å². The first-order valence-electron chi connectivity index (χ1n) is 3.60. The zero-order chi connectivity index (χ0) is 6.74. The van der Waals surface area contributed by atoms with E-state index in [4.69, 9.17) is 0 Å². The fraction of sp³-hybridized carbons (Fsp3) is 1.00. The van der Waals surface area contributed by atoms with Gasteiger partial charge in [0.2, 0.25) is 0 Å². The second-order valence-electron chi connectivity index (χ2n) is 3.19. The molecule has 0 amide bonds. The molecule has 0 spiro atoms. The van der Waals surface area contributed by atoms with Gasteiger partial charge < -0.3 is 5.32 Å². The van der Waals surface area contributed by atoms with Crippen molar-refractivity contribution in [3.05, 3.63) is 0 Å². The highest BCUT2D eigenvalue weighted by Gasteiger charge is 2.19. The van der Waals surface area contributed by atoms with E-state index >= 15 is 0 Å². The van der Waals surface area contributed by atoms with Crippen molar-refractivity contribution in [2.75, 3.05) is 19.6 Å². The maximum absolute atomic E-state index is 4.49. The van der Waals surface area contributed by atoms with Gasteiger partial charge in [-0.3, -0.25) is 0 Å². The molecule has 0 bridgehead atoms. The SMILES string of the molecule is CC1(C)CCNCC[N]1. The van der Waals surface area contributed by atoms with Gasteiger partial charge >= 0.3 is 0 Å². The molecule has 53 valence electrons. The Labute approximate surface area is 57.0 Å². The second kappa shape index (κ2) is 2.67. The molecule has 1 fully saturated rings. The Morgan fingerprint density at radius 3 is 2.89 bits per heavy atom. The van der Waals surface area contributed by atoms with Gasteiger partial charge in [-0.25, -0.2) is 5.32 Å². The molecule has 1 radical (unpaired) electrons. The molecule has 1 heterocycles. The zero-order valence-electron chi connectivity index (χ0n) is 6.28. The summed E-state index contributed by atoms with van der Waals surface area (Å²) in [4.78, 5) is 0. The van der Waals surface area contributed by atoms with Gasteiger partial charge in [0.25, 0.3) is 0 Å². The van der Waals surface area contributed by atoms with E-state index in [9.17, 15) is 0 Å². The fourth-order valence-corrected chi connectivity index (χ4v) is 1.04. The van der Waals surface area contributed by atoms with Gasteiger partial charge in [0.1, 0.15) is 0 Å². The maximum atomic E-state index is 4.49. The highest BCUT2D eigenvalue weighted by atomic mass is 15.0. The summed E-state index contributed by atoms with van der Waals surface area (Å²) in [6, 6.07) is 0. The van der Waals surface area contributed by atoms with E-state index in [0.717, 1.165) is 19.6 Å². The lowest BCUT2D eigenvalue weighted by atomic mass is 10.0. The molecule has 1 aliphatic heterocycles. The molecule has 0 aromatic heterocycles. The van der Waals surface area contributed by atoms with Gasteiger partial charge in [-0.2, -0.15) is 0 Å². The van der Waals surface area contributed by atoms with E-state index in [1.807, 2.05) is 0 Å². The minimum absolute atomic E-state index is 0.226. The van der Waals surface area contributed by atoms with Crippen molar-refractivity contribution in [2.45, 2.75) is 25.8 Å². The van der Waals surface area contributed by atoms with Crippen molar-refractivity contribution >= 4 is 0 Å². The van der Waals surface area contributed by atoms with Gasteiger partial charge in [0.15, 0.2) is 0 Å². The standard InChI is InChI=1S/C7H15N2/c1-7(2)3-4-8-5-6-9-7/h8H,3-6H2,1-2H3. The van der Waals surface area contributed by atoms with Crippen molar-refractivity contribution in [1.29, 1.82) is 0 Å². The Hall–Kier alpha value is -0.0800. The van der Waals surface area contributed by atoms with E-state index < -0.39 is 0 Å². The summed E-state index contributed by atoms with van der Waals surface area (Å²) in [6.07, 6.45) is 1.17. The number of nitrogens with one attached hydrogen (secondary N) is 1. The summed E-state index contributed by atoms with van der Waals surface area (Å²) in [7, 11) is 0. The van der Waals surface area contributed by atoms with Crippen LogP contribution in [0.25, 0.3) is 0 Å². The monoisotopic (exact) mass is 127 g/mol. The predicted octanol–water partition coefficient (Wildman–Crippen LogP) is 0.363. The molecule has 0 aliphatic carbocycles. The van der Waals surface area contributed by atoms with Crippen LogP contribution >= 0.6 is 0 Å². The van der Waals surface area contributed by atoms with Crippen LogP contribution in [0, 0.1) is 0 Å². The number of hydrogen-bond acceptors (Lipinski definition) is 1. The molecule has 0 aromatic carbocycles. The molecule has 0 atom stereocenters. The van der Waals surface area contributed by atoms with Crippen molar-refractivity contribution < 1.29 is 0 Å². The van der Waals surface area contributed by atoms with E-state index in [-0.39, 0.29) is 5.54 Å². The Bertz CT molecular complexity index is 78.9. The Balaban J connectivity index is 2.36. The molecular weight excluding hydrogens is 112 g/mol. The Morgan fingerprint density at radius 1 is 1.33 bits per heavy atom. The normalized spacial score (nSPS) is 27.3. The molecule has 2 nitrogen and oxygen atoms in total. The maximum Gasteiger partial charge on any atom is 0.0313 e. The third kappa shape index (κ3) is 2.33. The molecule has 0 unspecified atom stereocenters. The van der Waals surface area contributed by atoms with Crippen LogP contribution in [-0.4, -0.2) is 25.2 Å². The minimum atomic E-state index is 0.226. The van der Waals surface area contributed by atoms with Gasteiger partial charge in [-0.05, 0) is 26.8 Å². The van der Waals surface area contributed by atoms with Crippen molar-refractivity contribution in [1.82, 2.24) is 10.6 Å². The van der Waals surface area contributed by atoms with E-state index in [1.165, 1.54) is 6.42 Å². The largest absolute Gasteiger partial charge is 0.315 e. The van der Waals surface area contributed by atoms with Gasteiger partial charge in [-0.15, -0.1) is 0 Å². The summed E-state index contributed by atoms with van der Waals surface area (Å²) in [6.45, 7) is 7.55. The van der Waals surface area contributed by atoms with E-state index in [0.29, 0.717) is 0 Å². The highest BCUT2D eigenvalue weighted by molar-refractivity contribution is 4.80. The Morgan fingerprint density at radius 2 is 2.11 bits per heavy atom. The van der Waals surface area contributed by atoms with Crippen molar-refractivity contribution in [2.24, 2.45) is 0 Å². The smallest absolute Gasteiger partial charge is 0.0313 e. The summed E-state index contributed by atoms with van der Waals surface area (Å²) in [5, 5.41) is 7.80. The van der Waals surface area contributed by atoms with Gasteiger partial charge in [-0.1, -0.05) is 0 Å². The third-order valence-electron chi connectivity index (χ3n) is 1.74. The molecule has 0 saturated carbocycles. The van der Waals surface area contributed by atoms with Crippen LogP contribution in [-0.2, 0) is 0 Å². The first-order chi connectivity index (χ1) is 4.21. The van der Waals surface area contributed by atoms with Crippen LogP contribution in [0.15, 0.2) is 0 Å². The minimum Gasteiger partial charge on any atom is -0.315 e. The topological polar surface area (TPSA) is 26.1 Å².